The van der Waals surface area contributed by atoms with Gasteiger partial charge in [0, 0.05) is 19.1 Å². The first-order valence-corrected chi connectivity index (χ1v) is 10.9. The minimum Gasteiger partial charge on any atom is -0.485 e. The van der Waals surface area contributed by atoms with Gasteiger partial charge in [-0.2, -0.15) is 0 Å². The lowest BCUT2D eigenvalue weighted by molar-refractivity contribution is -0.117. The predicted octanol–water partition coefficient (Wildman–Crippen LogP) is 2.74. The third-order valence-electron chi connectivity index (χ3n) is 5.59. The molecule has 2 N–H and O–H groups in total. The van der Waals surface area contributed by atoms with Crippen molar-refractivity contribution in [2.75, 3.05) is 43.4 Å². The number of carbonyl (C=O) groups excluding carboxylic acids is 2. The van der Waals surface area contributed by atoms with E-state index in [-0.39, 0.29) is 30.5 Å². The Bertz CT molecular complexity index is 944. The molecule has 164 valence electrons. The van der Waals surface area contributed by atoms with Gasteiger partial charge in [0.2, 0.25) is 5.91 Å². The molecule has 1 heterocycles. The summed E-state index contributed by atoms with van der Waals surface area (Å²) in [5.41, 5.74) is 2.15. The predicted molar refractivity (Wildman–Crippen MR) is 122 cm³/mol. The molecule has 1 atom stereocenters. The number of hydrogen-bond acceptors (Lipinski definition) is 5. The summed E-state index contributed by atoms with van der Waals surface area (Å²) in [4.78, 5) is 29.4. The number of anilines is 2. The van der Waals surface area contributed by atoms with E-state index in [0.29, 0.717) is 17.8 Å². The molecule has 31 heavy (non-hydrogen) atoms. The van der Waals surface area contributed by atoms with E-state index in [0.717, 1.165) is 37.4 Å². The molecule has 7 nitrogen and oxygen atoms in total. The number of amides is 2. The normalized spacial score (nSPS) is 17.6. The molecule has 7 heteroatoms. The van der Waals surface area contributed by atoms with Crippen molar-refractivity contribution in [1.82, 2.24) is 10.2 Å². The van der Waals surface area contributed by atoms with Gasteiger partial charge < -0.3 is 20.3 Å². The van der Waals surface area contributed by atoms with E-state index in [2.05, 4.69) is 28.5 Å². The molecule has 1 aliphatic heterocycles. The average Bonchev–Trinajstić information content (AvgIpc) is 3.57. The molecular weight excluding hydrogens is 392 g/mol. The summed E-state index contributed by atoms with van der Waals surface area (Å²) in [5.74, 6) is 0.590. The van der Waals surface area contributed by atoms with Crippen LogP contribution in [0.1, 0.15) is 30.1 Å². The van der Waals surface area contributed by atoms with Gasteiger partial charge in [-0.15, -0.1) is 0 Å². The summed E-state index contributed by atoms with van der Waals surface area (Å²) in [6.07, 6.45) is 2.02. The zero-order chi connectivity index (χ0) is 21.8. The van der Waals surface area contributed by atoms with Gasteiger partial charge in [0.1, 0.15) is 11.9 Å². The van der Waals surface area contributed by atoms with E-state index in [4.69, 9.17) is 4.74 Å². The van der Waals surface area contributed by atoms with Crippen molar-refractivity contribution in [2.24, 2.45) is 0 Å². The van der Waals surface area contributed by atoms with Crippen LogP contribution in [0.3, 0.4) is 0 Å². The second-order valence-electron chi connectivity index (χ2n) is 8.28. The highest BCUT2D eigenvalue weighted by molar-refractivity contribution is 6.04. The molecule has 0 aromatic heterocycles. The van der Waals surface area contributed by atoms with Crippen LogP contribution in [0.2, 0.25) is 0 Å². The Labute approximate surface area is 183 Å². The molecule has 2 aromatic carbocycles. The minimum atomic E-state index is -0.155. The summed E-state index contributed by atoms with van der Waals surface area (Å²) in [7, 11) is 1.91. The minimum absolute atomic E-state index is 0.0238. The molecule has 4 rings (SSSR count). The fourth-order valence-electron chi connectivity index (χ4n) is 3.90. The molecule has 2 amide bonds. The summed E-state index contributed by atoms with van der Waals surface area (Å²) < 4.78 is 6.16. The maximum absolute atomic E-state index is 12.7. The third-order valence-corrected chi connectivity index (χ3v) is 5.59. The maximum atomic E-state index is 12.7. The van der Waals surface area contributed by atoms with Gasteiger partial charge in [0.15, 0.2) is 0 Å². The Hall–Kier alpha value is -3.06. The SMILES string of the molecule is CCN1CC(CN(C)CC(=O)Nc2ccccc2C(=O)NC2CC2)Oc2ccccc21. The highest BCUT2D eigenvalue weighted by atomic mass is 16.5. The maximum Gasteiger partial charge on any atom is 0.253 e. The van der Waals surface area contributed by atoms with Crippen molar-refractivity contribution in [3.05, 3.63) is 54.1 Å². The Morgan fingerprint density at radius 3 is 2.65 bits per heavy atom. The molecule has 2 aliphatic rings. The van der Waals surface area contributed by atoms with Gasteiger partial charge in [0.05, 0.1) is 30.0 Å². The van der Waals surface area contributed by atoms with Gasteiger partial charge in [-0.05, 0) is 51.1 Å². The van der Waals surface area contributed by atoms with Crippen molar-refractivity contribution in [3.8, 4) is 5.75 Å². The van der Waals surface area contributed by atoms with Gasteiger partial charge in [0.25, 0.3) is 5.91 Å². The van der Waals surface area contributed by atoms with Gasteiger partial charge in [-0.25, -0.2) is 0 Å². The van der Waals surface area contributed by atoms with E-state index in [1.807, 2.05) is 36.2 Å². The summed E-state index contributed by atoms with van der Waals surface area (Å²) in [6, 6.07) is 15.5. The number of ether oxygens (including phenoxy) is 1. The fraction of sp³-hybridized carbons (Fsp3) is 0.417. The highest BCUT2D eigenvalue weighted by Crippen LogP contribution is 2.32. The van der Waals surface area contributed by atoms with Gasteiger partial charge in [-0.3, -0.25) is 14.5 Å². The van der Waals surface area contributed by atoms with E-state index in [9.17, 15) is 9.59 Å². The summed E-state index contributed by atoms with van der Waals surface area (Å²) in [6.45, 7) is 4.66. The Balaban J connectivity index is 1.33. The highest BCUT2D eigenvalue weighted by Gasteiger charge is 2.27. The lowest BCUT2D eigenvalue weighted by Gasteiger charge is -2.37. The third kappa shape index (κ3) is 5.35. The molecule has 1 saturated carbocycles. The van der Waals surface area contributed by atoms with Crippen molar-refractivity contribution in [3.63, 3.8) is 0 Å². The van der Waals surface area contributed by atoms with Crippen LogP contribution in [0.25, 0.3) is 0 Å². The Morgan fingerprint density at radius 1 is 1.13 bits per heavy atom. The monoisotopic (exact) mass is 422 g/mol. The molecule has 1 aliphatic carbocycles. The van der Waals surface area contributed by atoms with Crippen molar-refractivity contribution >= 4 is 23.2 Å². The van der Waals surface area contributed by atoms with Crippen LogP contribution in [0.4, 0.5) is 11.4 Å². The molecule has 1 fully saturated rings. The van der Waals surface area contributed by atoms with Gasteiger partial charge >= 0.3 is 0 Å². The van der Waals surface area contributed by atoms with Crippen LogP contribution >= 0.6 is 0 Å². The number of nitrogens with one attached hydrogen (secondary N) is 2. The van der Waals surface area contributed by atoms with E-state index in [1.165, 1.54) is 0 Å². The zero-order valence-electron chi connectivity index (χ0n) is 18.1. The Kier molecular flexibility index (Phi) is 6.42. The standard InChI is InChI=1S/C24H30N4O3/c1-3-28-15-18(31-22-11-7-6-10-21(22)28)14-27(2)16-23(29)26-20-9-5-4-8-19(20)24(30)25-17-12-13-17/h4-11,17-18H,3,12-16H2,1-2H3,(H,25,30)(H,26,29). The Morgan fingerprint density at radius 2 is 1.87 bits per heavy atom. The zero-order valence-corrected chi connectivity index (χ0v) is 18.1. The first-order valence-electron chi connectivity index (χ1n) is 10.9. The largest absolute Gasteiger partial charge is 0.485 e. The molecule has 1 unspecified atom stereocenters. The number of fused-ring (bicyclic) bond motifs is 1. The number of likely N-dealkylation sites (N-methyl/N-ethyl adjacent to an activating group) is 2. The van der Waals surface area contributed by atoms with Crippen molar-refractivity contribution in [2.45, 2.75) is 31.9 Å². The van der Waals surface area contributed by atoms with Crippen LogP contribution in [-0.2, 0) is 4.79 Å². The summed E-state index contributed by atoms with van der Waals surface area (Å²) in [5, 5.41) is 5.87. The summed E-state index contributed by atoms with van der Waals surface area (Å²) >= 11 is 0. The second-order valence-corrected chi connectivity index (χ2v) is 8.28. The van der Waals surface area contributed by atoms with E-state index < -0.39 is 0 Å². The average molecular weight is 423 g/mol. The molecule has 0 bridgehead atoms. The molecule has 0 radical (unpaired) electrons. The smallest absolute Gasteiger partial charge is 0.253 e. The fourth-order valence-corrected chi connectivity index (χ4v) is 3.90. The lowest BCUT2D eigenvalue weighted by atomic mass is 10.1. The van der Waals surface area contributed by atoms with Crippen molar-refractivity contribution in [1.29, 1.82) is 0 Å². The topological polar surface area (TPSA) is 73.9 Å². The number of carbonyl (C=O) groups is 2. The van der Waals surface area contributed by atoms with Crippen LogP contribution in [0, 0.1) is 0 Å². The molecule has 0 spiro atoms. The molecule has 2 aromatic rings. The van der Waals surface area contributed by atoms with Crippen molar-refractivity contribution < 1.29 is 14.3 Å². The number of para-hydroxylation sites is 3. The van der Waals surface area contributed by atoms with Crippen LogP contribution in [0.15, 0.2) is 48.5 Å². The number of benzene rings is 2. The number of rotatable bonds is 8. The first-order chi connectivity index (χ1) is 15.0. The number of nitrogens with zero attached hydrogens (tertiary/aromatic N) is 2. The van der Waals surface area contributed by atoms with Gasteiger partial charge in [-0.1, -0.05) is 24.3 Å². The number of hydrogen-bond donors (Lipinski definition) is 2. The quantitative estimate of drug-likeness (QED) is 0.684. The molecular formula is C24H30N4O3. The lowest BCUT2D eigenvalue weighted by Crippen LogP contribution is -2.46. The molecule has 0 saturated heterocycles. The second kappa shape index (κ2) is 9.39. The van der Waals surface area contributed by atoms with Crippen LogP contribution in [0.5, 0.6) is 5.75 Å². The van der Waals surface area contributed by atoms with E-state index >= 15 is 0 Å². The van der Waals surface area contributed by atoms with E-state index in [1.54, 1.807) is 18.2 Å². The van der Waals surface area contributed by atoms with Crippen LogP contribution in [-0.4, -0.2) is 62.1 Å². The first kappa shape index (κ1) is 21.2. The van der Waals surface area contributed by atoms with Crippen LogP contribution < -0.4 is 20.3 Å².